The number of aryl methyl sites for hydroxylation is 1. The first kappa shape index (κ1) is 14.6. The Morgan fingerprint density at radius 1 is 1.25 bits per heavy atom. The minimum absolute atomic E-state index is 0.0575. The second kappa shape index (κ2) is 6.09. The molecule has 0 spiro atoms. The van der Waals surface area contributed by atoms with Crippen molar-refractivity contribution in [3.8, 4) is 0 Å². The third-order valence-corrected chi connectivity index (χ3v) is 3.72. The maximum absolute atomic E-state index is 12.2. The molecule has 1 amide bonds. The van der Waals surface area contributed by atoms with Gasteiger partial charge >= 0.3 is 0 Å². The van der Waals surface area contributed by atoms with Crippen LogP contribution in [-0.2, 0) is 0 Å². The smallest absolute Gasteiger partial charge is 0.251 e. The SMILES string of the molecule is Cc1cc(C(=O)NC(C)c2cccc(Br)c2)ccc1N. The Labute approximate surface area is 127 Å². The number of hydrogen-bond acceptors (Lipinski definition) is 2. The number of nitrogen functional groups attached to an aromatic ring is 1. The predicted molar refractivity (Wildman–Crippen MR) is 85.6 cm³/mol. The maximum atomic E-state index is 12.2. The number of halogens is 1. The van der Waals surface area contributed by atoms with Gasteiger partial charge in [-0.3, -0.25) is 4.79 Å². The largest absolute Gasteiger partial charge is 0.399 e. The van der Waals surface area contributed by atoms with Crippen LogP contribution < -0.4 is 11.1 Å². The van der Waals surface area contributed by atoms with Gasteiger partial charge in [0, 0.05) is 15.7 Å². The summed E-state index contributed by atoms with van der Waals surface area (Å²) in [6.45, 7) is 3.85. The number of carbonyl (C=O) groups is 1. The van der Waals surface area contributed by atoms with E-state index in [-0.39, 0.29) is 11.9 Å². The molecule has 0 saturated carbocycles. The summed E-state index contributed by atoms with van der Waals surface area (Å²) in [7, 11) is 0. The first-order valence-electron chi connectivity index (χ1n) is 6.40. The summed E-state index contributed by atoms with van der Waals surface area (Å²) in [6, 6.07) is 13.1. The molecule has 4 heteroatoms. The maximum Gasteiger partial charge on any atom is 0.251 e. The molecular formula is C16H17BrN2O. The van der Waals surface area contributed by atoms with E-state index in [1.807, 2.05) is 38.1 Å². The molecule has 0 aromatic heterocycles. The van der Waals surface area contributed by atoms with Crippen LogP contribution in [0.5, 0.6) is 0 Å². The van der Waals surface area contributed by atoms with Crippen LogP contribution in [0.1, 0.15) is 34.5 Å². The number of amides is 1. The van der Waals surface area contributed by atoms with Crippen LogP contribution in [0.15, 0.2) is 46.9 Å². The quantitative estimate of drug-likeness (QED) is 0.839. The fraction of sp³-hybridized carbons (Fsp3) is 0.188. The van der Waals surface area contributed by atoms with Crippen molar-refractivity contribution in [3.05, 3.63) is 63.6 Å². The highest BCUT2D eigenvalue weighted by molar-refractivity contribution is 9.10. The van der Waals surface area contributed by atoms with Crippen LogP contribution in [-0.4, -0.2) is 5.91 Å². The molecule has 2 rings (SSSR count). The number of benzene rings is 2. The summed E-state index contributed by atoms with van der Waals surface area (Å²) < 4.78 is 0.999. The van der Waals surface area contributed by atoms with Crippen LogP contribution in [0.3, 0.4) is 0 Å². The van der Waals surface area contributed by atoms with E-state index >= 15 is 0 Å². The summed E-state index contributed by atoms with van der Waals surface area (Å²) in [5.41, 5.74) is 9.05. The average Bonchev–Trinajstić information content (AvgIpc) is 2.41. The van der Waals surface area contributed by atoms with Crippen molar-refractivity contribution in [2.24, 2.45) is 0 Å². The van der Waals surface area contributed by atoms with E-state index in [0.29, 0.717) is 11.3 Å². The lowest BCUT2D eigenvalue weighted by Gasteiger charge is -2.15. The standard InChI is InChI=1S/C16H17BrN2O/c1-10-8-13(6-7-15(10)18)16(20)19-11(2)12-4-3-5-14(17)9-12/h3-9,11H,18H2,1-2H3,(H,19,20). The molecule has 0 radical (unpaired) electrons. The van der Waals surface area contributed by atoms with Crippen molar-refractivity contribution < 1.29 is 4.79 Å². The molecule has 3 N–H and O–H groups in total. The van der Waals surface area contributed by atoms with Crippen molar-refractivity contribution in [2.75, 3.05) is 5.73 Å². The molecule has 2 aromatic carbocycles. The summed E-state index contributed by atoms with van der Waals surface area (Å²) in [5, 5.41) is 2.99. The first-order chi connectivity index (χ1) is 9.47. The molecule has 0 aliphatic carbocycles. The summed E-state index contributed by atoms with van der Waals surface area (Å²) in [4.78, 5) is 12.2. The topological polar surface area (TPSA) is 55.1 Å². The van der Waals surface area contributed by atoms with Gasteiger partial charge in [-0.25, -0.2) is 0 Å². The molecule has 1 atom stereocenters. The van der Waals surface area contributed by atoms with Gasteiger partial charge in [-0.05, 0) is 55.3 Å². The summed E-state index contributed by atoms with van der Waals surface area (Å²) >= 11 is 3.43. The molecule has 0 saturated heterocycles. The molecular weight excluding hydrogens is 316 g/mol. The number of carbonyl (C=O) groups excluding carboxylic acids is 1. The highest BCUT2D eigenvalue weighted by Gasteiger charge is 2.12. The van der Waals surface area contributed by atoms with Crippen molar-refractivity contribution >= 4 is 27.5 Å². The highest BCUT2D eigenvalue weighted by Crippen LogP contribution is 2.19. The second-order valence-electron chi connectivity index (χ2n) is 4.82. The molecule has 20 heavy (non-hydrogen) atoms. The van der Waals surface area contributed by atoms with E-state index < -0.39 is 0 Å². The summed E-state index contributed by atoms with van der Waals surface area (Å²) in [5.74, 6) is -0.0967. The van der Waals surface area contributed by atoms with Crippen LogP contribution in [0.2, 0.25) is 0 Å². The Balaban J connectivity index is 2.13. The molecule has 104 valence electrons. The number of nitrogens with one attached hydrogen (secondary N) is 1. The van der Waals surface area contributed by atoms with Crippen molar-refractivity contribution in [1.82, 2.24) is 5.32 Å². The van der Waals surface area contributed by atoms with Crippen molar-refractivity contribution in [1.29, 1.82) is 0 Å². The van der Waals surface area contributed by atoms with Crippen molar-refractivity contribution in [3.63, 3.8) is 0 Å². The average molecular weight is 333 g/mol. The van der Waals surface area contributed by atoms with Gasteiger partial charge in [-0.2, -0.15) is 0 Å². The van der Waals surface area contributed by atoms with Gasteiger partial charge in [0.25, 0.3) is 5.91 Å². The Morgan fingerprint density at radius 3 is 2.65 bits per heavy atom. The highest BCUT2D eigenvalue weighted by atomic mass is 79.9. The van der Waals surface area contributed by atoms with Crippen LogP contribution in [0, 0.1) is 6.92 Å². The molecule has 0 bridgehead atoms. The van der Waals surface area contributed by atoms with Gasteiger partial charge in [-0.15, -0.1) is 0 Å². The zero-order valence-corrected chi connectivity index (χ0v) is 13.1. The molecule has 3 nitrogen and oxygen atoms in total. The number of anilines is 1. The Bertz CT molecular complexity index is 640. The van der Waals surface area contributed by atoms with E-state index in [0.717, 1.165) is 15.6 Å². The molecule has 0 aliphatic rings. The Morgan fingerprint density at radius 2 is 2.00 bits per heavy atom. The third-order valence-electron chi connectivity index (χ3n) is 3.23. The van der Waals surface area contributed by atoms with Gasteiger partial charge in [0.1, 0.15) is 0 Å². The predicted octanol–water partition coefficient (Wildman–Crippen LogP) is 3.83. The number of rotatable bonds is 3. The van der Waals surface area contributed by atoms with Crippen LogP contribution in [0.25, 0.3) is 0 Å². The number of hydrogen-bond donors (Lipinski definition) is 2. The molecule has 1 unspecified atom stereocenters. The molecule has 2 aromatic rings. The van der Waals surface area contributed by atoms with Crippen LogP contribution in [0.4, 0.5) is 5.69 Å². The van der Waals surface area contributed by atoms with Gasteiger partial charge in [-0.1, -0.05) is 28.1 Å². The van der Waals surface area contributed by atoms with Gasteiger partial charge < -0.3 is 11.1 Å². The van der Waals surface area contributed by atoms with E-state index in [2.05, 4.69) is 21.2 Å². The van der Waals surface area contributed by atoms with Gasteiger partial charge in [0.05, 0.1) is 6.04 Å². The fourth-order valence-corrected chi connectivity index (χ4v) is 2.37. The van der Waals surface area contributed by atoms with E-state index in [9.17, 15) is 4.79 Å². The second-order valence-corrected chi connectivity index (χ2v) is 5.74. The molecule has 0 fully saturated rings. The minimum Gasteiger partial charge on any atom is -0.399 e. The number of nitrogens with two attached hydrogens (primary N) is 1. The molecule has 0 heterocycles. The van der Waals surface area contributed by atoms with Crippen LogP contribution >= 0.6 is 15.9 Å². The summed E-state index contributed by atoms with van der Waals surface area (Å²) in [6.07, 6.45) is 0. The lowest BCUT2D eigenvalue weighted by molar-refractivity contribution is 0.0940. The zero-order chi connectivity index (χ0) is 14.7. The third kappa shape index (κ3) is 3.39. The fourth-order valence-electron chi connectivity index (χ4n) is 1.96. The normalized spacial score (nSPS) is 11.9. The molecule has 0 aliphatic heterocycles. The Hall–Kier alpha value is -1.81. The van der Waals surface area contributed by atoms with Gasteiger partial charge in [0.15, 0.2) is 0 Å². The van der Waals surface area contributed by atoms with Crippen molar-refractivity contribution in [2.45, 2.75) is 19.9 Å². The minimum atomic E-state index is -0.0967. The first-order valence-corrected chi connectivity index (χ1v) is 7.19. The Kier molecular flexibility index (Phi) is 4.45. The van der Waals surface area contributed by atoms with E-state index in [1.165, 1.54) is 0 Å². The van der Waals surface area contributed by atoms with Gasteiger partial charge in [0.2, 0.25) is 0 Å². The zero-order valence-electron chi connectivity index (χ0n) is 11.5. The van der Waals surface area contributed by atoms with E-state index in [4.69, 9.17) is 5.73 Å². The lowest BCUT2D eigenvalue weighted by atomic mass is 10.1. The lowest BCUT2D eigenvalue weighted by Crippen LogP contribution is -2.26. The monoisotopic (exact) mass is 332 g/mol. The van der Waals surface area contributed by atoms with E-state index in [1.54, 1.807) is 18.2 Å².